The maximum Gasteiger partial charge on any atom is 0.257 e. The van der Waals surface area contributed by atoms with Crippen molar-refractivity contribution in [3.05, 3.63) is 82.5 Å². The average Bonchev–Trinajstić information content (AvgIpc) is 2.62. The van der Waals surface area contributed by atoms with Crippen LogP contribution in [0.4, 0.5) is 5.69 Å². The van der Waals surface area contributed by atoms with Crippen LogP contribution in [0.3, 0.4) is 0 Å². The van der Waals surface area contributed by atoms with Crippen molar-refractivity contribution in [1.29, 1.82) is 0 Å². The van der Waals surface area contributed by atoms with E-state index < -0.39 is 9.84 Å². The lowest BCUT2D eigenvalue weighted by atomic mass is 10.0. The molecule has 3 rings (SSSR count). The molecule has 1 aromatic heterocycles. The highest BCUT2D eigenvalue weighted by molar-refractivity contribution is 7.89. The first-order chi connectivity index (χ1) is 13.2. The highest BCUT2D eigenvalue weighted by atomic mass is 35.5. The Bertz CT molecular complexity index is 1130. The van der Waals surface area contributed by atoms with Crippen molar-refractivity contribution >= 4 is 33.0 Å². The van der Waals surface area contributed by atoms with E-state index in [2.05, 4.69) is 10.3 Å². The molecule has 2 aromatic carbocycles. The smallest absolute Gasteiger partial charge is 0.257 e. The van der Waals surface area contributed by atoms with E-state index >= 15 is 0 Å². The molecule has 144 valence electrons. The lowest BCUT2D eigenvalue weighted by Crippen LogP contribution is -2.13. The number of amides is 1. The second-order valence-electron chi connectivity index (χ2n) is 6.58. The Balaban J connectivity index is 1.84. The molecule has 1 amide bonds. The monoisotopic (exact) mass is 414 g/mol. The number of aryl methyl sites for hydroxylation is 1. The Kier molecular flexibility index (Phi) is 5.82. The van der Waals surface area contributed by atoms with Crippen molar-refractivity contribution in [2.45, 2.75) is 12.7 Å². The predicted molar refractivity (Wildman–Crippen MR) is 112 cm³/mol. The van der Waals surface area contributed by atoms with Crippen molar-refractivity contribution in [1.82, 2.24) is 4.98 Å². The highest BCUT2D eigenvalue weighted by Gasteiger charge is 2.14. The Morgan fingerprint density at radius 2 is 1.89 bits per heavy atom. The van der Waals surface area contributed by atoms with E-state index in [4.69, 9.17) is 11.6 Å². The van der Waals surface area contributed by atoms with Crippen LogP contribution in [0.25, 0.3) is 11.3 Å². The maximum absolute atomic E-state index is 12.6. The van der Waals surface area contributed by atoms with Gasteiger partial charge in [0.25, 0.3) is 5.91 Å². The molecule has 0 spiro atoms. The van der Waals surface area contributed by atoms with Crippen LogP contribution in [-0.2, 0) is 15.6 Å². The Hall–Kier alpha value is -2.70. The predicted octanol–water partition coefficient (Wildman–Crippen LogP) is 4.51. The molecule has 7 heteroatoms. The van der Waals surface area contributed by atoms with Crippen LogP contribution >= 0.6 is 11.6 Å². The number of carbonyl (C=O) groups is 1. The van der Waals surface area contributed by atoms with Crippen LogP contribution in [0.15, 0.2) is 60.8 Å². The van der Waals surface area contributed by atoms with Gasteiger partial charge in [-0.05, 0) is 54.4 Å². The summed E-state index contributed by atoms with van der Waals surface area (Å²) in [7, 11) is -3.18. The molecule has 1 heterocycles. The van der Waals surface area contributed by atoms with Crippen molar-refractivity contribution in [2.24, 2.45) is 0 Å². The van der Waals surface area contributed by atoms with Gasteiger partial charge < -0.3 is 5.32 Å². The number of aromatic nitrogens is 1. The first-order valence-corrected chi connectivity index (χ1v) is 11.0. The van der Waals surface area contributed by atoms with Gasteiger partial charge in [0.05, 0.1) is 22.0 Å². The summed E-state index contributed by atoms with van der Waals surface area (Å²) in [4.78, 5) is 17.0. The van der Waals surface area contributed by atoms with Crippen LogP contribution in [0.1, 0.15) is 21.5 Å². The summed E-state index contributed by atoms with van der Waals surface area (Å²) in [5.41, 5.74) is 4.22. The topological polar surface area (TPSA) is 76.1 Å². The van der Waals surface area contributed by atoms with Gasteiger partial charge in [0.15, 0.2) is 9.84 Å². The molecule has 3 aromatic rings. The summed E-state index contributed by atoms with van der Waals surface area (Å²) in [5.74, 6) is -0.494. The van der Waals surface area contributed by atoms with Crippen LogP contribution < -0.4 is 5.32 Å². The van der Waals surface area contributed by atoms with Gasteiger partial charge >= 0.3 is 0 Å². The van der Waals surface area contributed by atoms with Gasteiger partial charge in [-0.2, -0.15) is 0 Å². The summed E-state index contributed by atoms with van der Waals surface area (Å²) in [5, 5.41) is 3.04. The Morgan fingerprint density at radius 3 is 2.54 bits per heavy atom. The van der Waals surface area contributed by atoms with Crippen LogP contribution in [0.2, 0.25) is 5.02 Å². The van der Waals surface area contributed by atoms with Gasteiger partial charge in [-0.1, -0.05) is 29.8 Å². The molecule has 0 aliphatic heterocycles. The lowest BCUT2D eigenvalue weighted by molar-refractivity contribution is 0.102. The second-order valence-corrected chi connectivity index (χ2v) is 9.13. The zero-order chi connectivity index (χ0) is 20.3. The molecule has 5 nitrogen and oxygen atoms in total. The standard InChI is InChI=1S/C21H19ClN2O3S/c1-14-6-8-16(12-18(14)20-5-3-4-10-23-20)24-21(25)17-9-7-15(11-19(17)22)13-28(2,26)27/h3-12H,13H2,1-2H3,(H,24,25). The number of benzene rings is 2. The normalized spacial score (nSPS) is 11.2. The highest BCUT2D eigenvalue weighted by Crippen LogP contribution is 2.26. The maximum atomic E-state index is 12.6. The fourth-order valence-electron chi connectivity index (χ4n) is 2.83. The number of sulfone groups is 1. The Morgan fingerprint density at radius 1 is 1.11 bits per heavy atom. The molecular formula is C21H19ClN2O3S. The molecule has 0 unspecified atom stereocenters. The van der Waals surface area contributed by atoms with E-state index in [1.165, 1.54) is 12.1 Å². The number of anilines is 1. The van der Waals surface area contributed by atoms with Crippen molar-refractivity contribution < 1.29 is 13.2 Å². The first-order valence-electron chi connectivity index (χ1n) is 8.52. The van der Waals surface area contributed by atoms with Gasteiger partial charge in [-0.15, -0.1) is 0 Å². The SMILES string of the molecule is Cc1ccc(NC(=O)c2ccc(CS(C)(=O)=O)cc2Cl)cc1-c1ccccn1. The summed E-state index contributed by atoms with van der Waals surface area (Å²) in [6, 6.07) is 15.9. The molecule has 28 heavy (non-hydrogen) atoms. The zero-order valence-electron chi connectivity index (χ0n) is 15.4. The van der Waals surface area contributed by atoms with Gasteiger partial charge in [0, 0.05) is 23.7 Å². The summed E-state index contributed by atoms with van der Waals surface area (Å²) >= 11 is 6.21. The average molecular weight is 415 g/mol. The zero-order valence-corrected chi connectivity index (χ0v) is 17.0. The van der Waals surface area contributed by atoms with Crippen LogP contribution in [0, 0.1) is 6.92 Å². The minimum absolute atomic E-state index is 0.125. The van der Waals surface area contributed by atoms with Gasteiger partial charge in [0.1, 0.15) is 0 Å². The molecule has 0 fully saturated rings. The fraction of sp³-hybridized carbons (Fsp3) is 0.143. The largest absolute Gasteiger partial charge is 0.322 e. The van der Waals surface area contributed by atoms with Crippen LogP contribution in [-0.4, -0.2) is 25.6 Å². The minimum atomic E-state index is -3.18. The summed E-state index contributed by atoms with van der Waals surface area (Å²) in [6.45, 7) is 1.98. The van der Waals surface area contributed by atoms with Crippen molar-refractivity contribution in [3.63, 3.8) is 0 Å². The van der Waals surface area contributed by atoms with Crippen molar-refractivity contribution in [2.75, 3.05) is 11.6 Å². The van der Waals surface area contributed by atoms with E-state index in [0.717, 1.165) is 23.1 Å². The quantitative estimate of drug-likeness (QED) is 0.666. The van der Waals surface area contributed by atoms with Crippen molar-refractivity contribution in [3.8, 4) is 11.3 Å². The lowest BCUT2D eigenvalue weighted by Gasteiger charge is -2.11. The number of hydrogen-bond acceptors (Lipinski definition) is 4. The van der Waals surface area contributed by atoms with Gasteiger partial charge in [0.2, 0.25) is 0 Å². The molecule has 0 saturated carbocycles. The van der Waals surface area contributed by atoms with Gasteiger partial charge in [-0.25, -0.2) is 8.42 Å². The molecule has 0 bridgehead atoms. The third-order valence-electron chi connectivity index (χ3n) is 4.14. The van der Waals surface area contributed by atoms with Crippen LogP contribution in [0.5, 0.6) is 0 Å². The van der Waals surface area contributed by atoms with E-state index in [-0.39, 0.29) is 22.2 Å². The molecule has 0 radical (unpaired) electrons. The molecular weight excluding hydrogens is 396 g/mol. The van der Waals surface area contributed by atoms with E-state index in [1.54, 1.807) is 12.3 Å². The Labute approximate surface area is 169 Å². The third kappa shape index (κ3) is 4.97. The molecule has 0 aliphatic carbocycles. The first kappa shape index (κ1) is 20.0. The second kappa shape index (κ2) is 8.12. The molecule has 0 atom stereocenters. The number of nitrogens with one attached hydrogen (secondary N) is 1. The third-order valence-corrected chi connectivity index (χ3v) is 5.31. The van der Waals surface area contributed by atoms with E-state index in [1.807, 2.05) is 43.3 Å². The number of hydrogen-bond donors (Lipinski definition) is 1. The number of rotatable bonds is 5. The summed E-state index contributed by atoms with van der Waals surface area (Å²) < 4.78 is 22.8. The molecule has 0 saturated heterocycles. The minimum Gasteiger partial charge on any atom is -0.322 e. The number of carbonyl (C=O) groups excluding carboxylic acids is 1. The van der Waals surface area contributed by atoms with E-state index in [0.29, 0.717) is 11.3 Å². The summed E-state index contributed by atoms with van der Waals surface area (Å²) in [6.07, 6.45) is 2.87. The number of pyridine rings is 1. The number of nitrogens with zero attached hydrogens (tertiary/aromatic N) is 1. The fourth-order valence-corrected chi connectivity index (χ4v) is 3.91. The van der Waals surface area contributed by atoms with Gasteiger partial charge in [-0.3, -0.25) is 9.78 Å². The molecule has 0 aliphatic rings. The van der Waals surface area contributed by atoms with E-state index in [9.17, 15) is 13.2 Å². The number of halogens is 1. The molecule has 1 N–H and O–H groups in total.